The summed E-state index contributed by atoms with van der Waals surface area (Å²) in [4.78, 5) is 0. The van der Waals surface area contributed by atoms with Gasteiger partial charge in [-0.05, 0) is 31.0 Å². The standard InChI is InChI=1S/C16H21NO/c1-3-5-9-15(17-4-2)13-11-12-18-16-10-7-6-8-14(13)16/h1,6-8,10,13,15,17H,4-5,9,11-12H2,2H3. The Balaban J connectivity index is 2.18. The van der Waals surface area contributed by atoms with E-state index in [1.807, 2.05) is 6.07 Å². The van der Waals surface area contributed by atoms with Crippen LogP contribution in [0.4, 0.5) is 0 Å². The Morgan fingerprint density at radius 2 is 2.33 bits per heavy atom. The number of hydrogen-bond acceptors (Lipinski definition) is 2. The Labute approximate surface area is 110 Å². The van der Waals surface area contributed by atoms with E-state index in [-0.39, 0.29) is 0 Å². The lowest BCUT2D eigenvalue weighted by Crippen LogP contribution is -2.37. The SMILES string of the molecule is C#CCCC(NCC)C1CCOc2ccccc21. The molecule has 0 saturated carbocycles. The van der Waals surface area contributed by atoms with Crippen LogP contribution in [0.25, 0.3) is 0 Å². The van der Waals surface area contributed by atoms with Crippen molar-refractivity contribution in [2.45, 2.75) is 38.1 Å². The first-order chi connectivity index (χ1) is 8.86. The van der Waals surface area contributed by atoms with Crippen LogP contribution in [0.2, 0.25) is 0 Å². The second kappa shape index (κ2) is 6.47. The third-order valence-corrected chi connectivity index (χ3v) is 3.56. The van der Waals surface area contributed by atoms with Crippen LogP contribution >= 0.6 is 0 Å². The average molecular weight is 243 g/mol. The lowest BCUT2D eigenvalue weighted by Gasteiger charge is -2.32. The zero-order valence-corrected chi connectivity index (χ0v) is 11.0. The van der Waals surface area contributed by atoms with Gasteiger partial charge in [0.25, 0.3) is 0 Å². The molecule has 0 amide bonds. The van der Waals surface area contributed by atoms with Crippen molar-refractivity contribution in [1.29, 1.82) is 0 Å². The van der Waals surface area contributed by atoms with E-state index in [9.17, 15) is 0 Å². The molecular weight excluding hydrogens is 222 g/mol. The summed E-state index contributed by atoms with van der Waals surface area (Å²) in [6, 6.07) is 8.82. The topological polar surface area (TPSA) is 21.3 Å². The van der Waals surface area contributed by atoms with Crippen LogP contribution in [0.3, 0.4) is 0 Å². The van der Waals surface area contributed by atoms with E-state index in [2.05, 4.69) is 36.4 Å². The molecule has 2 rings (SSSR count). The Hall–Kier alpha value is -1.46. The van der Waals surface area contributed by atoms with Gasteiger partial charge < -0.3 is 10.1 Å². The number of fused-ring (bicyclic) bond motifs is 1. The maximum atomic E-state index is 5.72. The third-order valence-electron chi connectivity index (χ3n) is 3.56. The highest BCUT2D eigenvalue weighted by Crippen LogP contribution is 2.36. The van der Waals surface area contributed by atoms with Crippen molar-refractivity contribution in [3.63, 3.8) is 0 Å². The largest absolute Gasteiger partial charge is 0.493 e. The summed E-state index contributed by atoms with van der Waals surface area (Å²) in [7, 11) is 0. The smallest absolute Gasteiger partial charge is 0.122 e. The van der Waals surface area contributed by atoms with Gasteiger partial charge in [0.1, 0.15) is 5.75 Å². The number of nitrogens with one attached hydrogen (secondary N) is 1. The minimum atomic E-state index is 0.455. The molecule has 0 aliphatic carbocycles. The highest BCUT2D eigenvalue weighted by molar-refractivity contribution is 5.38. The van der Waals surface area contributed by atoms with E-state index < -0.39 is 0 Å². The average Bonchev–Trinajstić information content (AvgIpc) is 2.43. The summed E-state index contributed by atoms with van der Waals surface area (Å²) < 4.78 is 5.72. The molecule has 1 aliphatic rings. The molecule has 0 bridgehead atoms. The molecule has 2 nitrogen and oxygen atoms in total. The van der Waals surface area contributed by atoms with E-state index >= 15 is 0 Å². The van der Waals surface area contributed by atoms with Crippen LogP contribution in [-0.4, -0.2) is 19.2 Å². The molecule has 2 heteroatoms. The third kappa shape index (κ3) is 2.86. The molecule has 18 heavy (non-hydrogen) atoms. The number of hydrogen-bond donors (Lipinski definition) is 1. The molecule has 96 valence electrons. The van der Waals surface area contributed by atoms with Gasteiger partial charge in [0.15, 0.2) is 0 Å². The van der Waals surface area contributed by atoms with E-state index in [0.717, 1.165) is 38.2 Å². The van der Waals surface area contributed by atoms with Gasteiger partial charge in [-0.15, -0.1) is 12.3 Å². The number of likely N-dealkylation sites (N-methyl/N-ethyl adjacent to an activating group) is 1. The van der Waals surface area contributed by atoms with Crippen molar-refractivity contribution < 1.29 is 4.74 Å². The summed E-state index contributed by atoms with van der Waals surface area (Å²) in [6.07, 6.45) is 8.33. The minimum absolute atomic E-state index is 0.455. The molecule has 0 aromatic heterocycles. The maximum Gasteiger partial charge on any atom is 0.122 e. The molecule has 1 N–H and O–H groups in total. The molecule has 1 heterocycles. The first-order valence-corrected chi connectivity index (χ1v) is 6.75. The van der Waals surface area contributed by atoms with Gasteiger partial charge in [-0.25, -0.2) is 0 Å². The molecule has 0 spiro atoms. The van der Waals surface area contributed by atoms with Gasteiger partial charge in [-0.3, -0.25) is 0 Å². The molecule has 2 unspecified atom stereocenters. The van der Waals surface area contributed by atoms with E-state index in [1.54, 1.807) is 0 Å². The number of terminal acetylenes is 1. The highest BCUT2D eigenvalue weighted by Gasteiger charge is 2.27. The van der Waals surface area contributed by atoms with Crippen LogP contribution in [0.5, 0.6) is 5.75 Å². The van der Waals surface area contributed by atoms with Crippen LogP contribution in [0.1, 0.15) is 37.7 Å². The molecule has 0 radical (unpaired) electrons. The number of rotatable bonds is 5. The van der Waals surface area contributed by atoms with Crippen molar-refractivity contribution in [3.8, 4) is 18.1 Å². The normalized spacial score (nSPS) is 19.4. The Morgan fingerprint density at radius 1 is 1.50 bits per heavy atom. The van der Waals surface area contributed by atoms with Crippen LogP contribution in [0, 0.1) is 12.3 Å². The maximum absolute atomic E-state index is 5.72. The van der Waals surface area contributed by atoms with E-state index in [4.69, 9.17) is 11.2 Å². The molecule has 0 fully saturated rings. The quantitative estimate of drug-likeness (QED) is 0.803. The molecule has 0 saturated heterocycles. The van der Waals surface area contributed by atoms with Crippen LogP contribution in [0.15, 0.2) is 24.3 Å². The number of para-hydroxylation sites is 1. The zero-order chi connectivity index (χ0) is 12.8. The summed E-state index contributed by atoms with van der Waals surface area (Å²) in [5.74, 6) is 4.30. The van der Waals surface area contributed by atoms with Gasteiger partial charge in [-0.2, -0.15) is 0 Å². The van der Waals surface area contributed by atoms with Gasteiger partial charge in [0.05, 0.1) is 6.61 Å². The van der Waals surface area contributed by atoms with Crippen LogP contribution in [-0.2, 0) is 0 Å². The first kappa shape index (κ1) is 13.0. The van der Waals surface area contributed by atoms with E-state index in [1.165, 1.54) is 5.56 Å². The fourth-order valence-corrected chi connectivity index (χ4v) is 2.73. The monoisotopic (exact) mass is 243 g/mol. The molecule has 1 aromatic rings. The predicted molar refractivity (Wildman–Crippen MR) is 74.8 cm³/mol. The molecule has 1 aromatic carbocycles. The summed E-state index contributed by atoms with van der Waals surface area (Å²) >= 11 is 0. The number of ether oxygens (including phenoxy) is 1. The van der Waals surface area contributed by atoms with Crippen molar-refractivity contribution in [2.24, 2.45) is 0 Å². The summed E-state index contributed by atoms with van der Waals surface area (Å²) in [5.41, 5.74) is 1.33. The van der Waals surface area contributed by atoms with Crippen molar-refractivity contribution in [3.05, 3.63) is 29.8 Å². The predicted octanol–water partition coefficient (Wildman–Crippen LogP) is 2.94. The van der Waals surface area contributed by atoms with Gasteiger partial charge in [-0.1, -0.05) is 25.1 Å². The Bertz CT molecular complexity index is 421. The Morgan fingerprint density at radius 3 is 3.11 bits per heavy atom. The van der Waals surface area contributed by atoms with Gasteiger partial charge >= 0.3 is 0 Å². The molecule has 2 atom stereocenters. The second-order valence-electron chi connectivity index (χ2n) is 4.69. The fourth-order valence-electron chi connectivity index (χ4n) is 2.73. The summed E-state index contributed by atoms with van der Waals surface area (Å²) in [5, 5.41) is 3.58. The van der Waals surface area contributed by atoms with Crippen molar-refractivity contribution in [2.75, 3.05) is 13.2 Å². The summed E-state index contributed by atoms with van der Waals surface area (Å²) in [6.45, 7) is 3.93. The van der Waals surface area contributed by atoms with Gasteiger partial charge in [0, 0.05) is 18.4 Å². The minimum Gasteiger partial charge on any atom is -0.493 e. The lowest BCUT2D eigenvalue weighted by molar-refractivity contribution is 0.242. The lowest BCUT2D eigenvalue weighted by atomic mass is 9.84. The number of benzene rings is 1. The highest BCUT2D eigenvalue weighted by atomic mass is 16.5. The molecule has 1 aliphatic heterocycles. The second-order valence-corrected chi connectivity index (χ2v) is 4.69. The van der Waals surface area contributed by atoms with Crippen LogP contribution < -0.4 is 10.1 Å². The zero-order valence-electron chi connectivity index (χ0n) is 11.0. The van der Waals surface area contributed by atoms with E-state index in [0.29, 0.717) is 12.0 Å². The fraction of sp³-hybridized carbons (Fsp3) is 0.500. The Kier molecular flexibility index (Phi) is 4.66. The van der Waals surface area contributed by atoms with Gasteiger partial charge in [0.2, 0.25) is 0 Å². The van der Waals surface area contributed by atoms with Crippen molar-refractivity contribution >= 4 is 0 Å². The van der Waals surface area contributed by atoms with Crippen molar-refractivity contribution in [1.82, 2.24) is 5.32 Å². The molecular formula is C16H21NO. The first-order valence-electron chi connectivity index (χ1n) is 6.75.